The third kappa shape index (κ3) is 6.75. The van der Waals surface area contributed by atoms with E-state index in [9.17, 15) is 39.0 Å². The molecule has 1 saturated heterocycles. The zero-order valence-electron chi connectivity index (χ0n) is 26.2. The third-order valence-electron chi connectivity index (χ3n) is 9.13. The molecule has 44 heavy (non-hydrogen) atoms. The molecule has 1 aliphatic heterocycles. The van der Waals surface area contributed by atoms with Crippen molar-refractivity contribution in [3.8, 4) is 0 Å². The SMILES string of the molecule is CC(=O)OC/C1=C/[C@@H]2OC(=O)[C@H](C)[C@@]2(O)[C@H](OC(C)=O)[C@H]2[C@@H](C)[C@@H](O)C[C@H](OC(C)=O)[C@]2(C)[C@H](OC(C)=O)C[C@H]1OC(C)=O. The monoisotopic (exact) mass is 626 g/mol. The predicted octanol–water partition coefficient (Wildman–Crippen LogP) is 0.922. The van der Waals surface area contributed by atoms with Gasteiger partial charge in [-0.05, 0) is 18.9 Å². The summed E-state index contributed by atoms with van der Waals surface area (Å²) in [6.45, 7) is 9.83. The van der Waals surface area contributed by atoms with Crippen molar-refractivity contribution in [1.82, 2.24) is 0 Å². The van der Waals surface area contributed by atoms with E-state index in [0.717, 1.165) is 34.6 Å². The van der Waals surface area contributed by atoms with Gasteiger partial charge in [-0.3, -0.25) is 28.8 Å². The van der Waals surface area contributed by atoms with Crippen LogP contribution in [0.3, 0.4) is 0 Å². The largest absolute Gasteiger partial charge is 0.462 e. The summed E-state index contributed by atoms with van der Waals surface area (Å²) in [5, 5.41) is 23.8. The van der Waals surface area contributed by atoms with E-state index in [-0.39, 0.29) is 18.4 Å². The van der Waals surface area contributed by atoms with E-state index >= 15 is 0 Å². The van der Waals surface area contributed by atoms with Gasteiger partial charge in [-0.15, -0.1) is 0 Å². The van der Waals surface area contributed by atoms with Crippen LogP contribution < -0.4 is 0 Å². The second-order valence-electron chi connectivity index (χ2n) is 12.1. The predicted molar refractivity (Wildman–Crippen MR) is 147 cm³/mol. The van der Waals surface area contributed by atoms with Crippen molar-refractivity contribution >= 4 is 35.8 Å². The summed E-state index contributed by atoms with van der Waals surface area (Å²) in [6.07, 6.45) is -7.15. The Morgan fingerprint density at radius 3 is 1.89 bits per heavy atom. The first-order valence-electron chi connectivity index (χ1n) is 14.5. The fraction of sp³-hybridized carbons (Fsp3) is 0.733. The molecule has 0 radical (unpaired) electrons. The van der Waals surface area contributed by atoms with Crippen molar-refractivity contribution in [2.75, 3.05) is 6.61 Å². The Kier molecular flexibility index (Phi) is 10.5. The van der Waals surface area contributed by atoms with Crippen LogP contribution in [0.1, 0.15) is 68.2 Å². The summed E-state index contributed by atoms with van der Waals surface area (Å²) in [6, 6.07) is 0. The number of hydrogen-bond donors (Lipinski definition) is 2. The molecule has 0 amide bonds. The molecule has 2 N–H and O–H groups in total. The van der Waals surface area contributed by atoms with Crippen molar-refractivity contribution in [2.45, 2.75) is 110 Å². The molecule has 2 aliphatic carbocycles. The number of carbonyl (C=O) groups excluding carboxylic acids is 6. The maximum Gasteiger partial charge on any atom is 0.312 e. The molecule has 0 aromatic heterocycles. The normalized spacial score (nSPS) is 39.6. The van der Waals surface area contributed by atoms with Gasteiger partial charge in [0.1, 0.15) is 31.0 Å². The van der Waals surface area contributed by atoms with Crippen LogP contribution in [-0.4, -0.2) is 94.9 Å². The van der Waals surface area contributed by atoms with Crippen molar-refractivity contribution in [3.05, 3.63) is 11.6 Å². The van der Waals surface area contributed by atoms with Crippen molar-refractivity contribution in [2.24, 2.45) is 23.2 Å². The Hall–Kier alpha value is -3.52. The lowest BCUT2D eigenvalue weighted by atomic mass is 9.52. The van der Waals surface area contributed by atoms with Crippen LogP contribution in [0, 0.1) is 23.2 Å². The van der Waals surface area contributed by atoms with Gasteiger partial charge in [-0.1, -0.05) is 13.8 Å². The molecular weight excluding hydrogens is 584 g/mol. The smallest absolute Gasteiger partial charge is 0.312 e. The number of aliphatic hydroxyl groups is 2. The average Bonchev–Trinajstić information content (AvgIpc) is 3.10. The van der Waals surface area contributed by atoms with E-state index in [2.05, 4.69) is 0 Å². The van der Waals surface area contributed by atoms with Crippen LogP contribution in [0.4, 0.5) is 0 Å². The van der Waals surface area contributed by atoms with Crippen LogP contribution in [0.15, 0.2) is 11.6 Å². The minimum Gasteiger partial charge on any atom is -0.462 e. The van der Waals surface area contributed by atoms with Crippen LogP contribution >= 0.6 is 0 Å². The van der Waals surface area contributed by atoms with Gasteiger partial charge in [0, 0.05) is 64.4 Å². The molecule has 14 heteroatoms. The Morgan fingerprint density at radius 1 is 0.864 bits per heavy atom. The zero-order valence-corrected chi connectivity index (χ0v) is 26.2. The summed E-state index contributed by atoms with van der Waals surface area (Å²) < 4.78 is 33.9. The number of fused-ring (bicyclic) bond motifs is 2. The topological polar surface area (TPSA) is 198 Å². The van der Waals surface area contributed by atoms with E-state index in [1.165, 1.54) is 13.0 Å². The fourth-order valence-electron chi connectivity index (χ4n) is 7.00. The molecule has 1 heterocycles. The Bertz CT molecular complexity index is 1210. The molecule has 14 nitrogen and oxygen atoms in total. The molecule has 11 atom stereocenters. The van der Waals surface area contributed by atoms with Gasteiger partial charge in [-0.25, -0.2) is 0 Å². The van der Waals surface area contributed by atoms with E-state index in [1.807, 2.05) is 0 Å². The van der Waals surface area contributed by atoms with Crippen LogP contribution in [-0.2, 0) is 57.2 Å². The van der Waals surface area contributed by atoms with Crippen molar-refractivity contribution in [3.63, 3.8) is 0 Å². The molecule has 0 aromatic carbocycles. The minimum atomic E-state index is -2.32. The highest BCUT2D eigenvalue weighted by atomic mass is 16.6. The first-order chi connectivity index (χ1) is 20.3. The second kappa shape index (κ2) is 13.2. The molecule has 2 fully saturated rings. The first kappa shape index (κ1) is 35.0. The summed E-state index contributed by atoms with van der Waals surface area (Å²) in [4.78, 5) is 74.9. The van der Waals surface area contributed by atoms with Gasteiger partial charge in [0.15, 0.2) is 11.7 Å². The Labute approximate surface area is 255 Å². The first-order valence-corrected chi connectivity index (χ1v) is 14.5. The zero-order chi connectivity index (χ0) is 33.3. The molecule has 3 rings (SSSR count). The van der Waals surface area contributed by atoms with E-state index in [4.69, 9.17) is 28.4 Å². The third-order valence-corrected chi connectivity index (χ3v) is 9.13. The van der Waals surface area contributed by atoms with E-state index < -0.39 is 108 Å². The maximum absolute atomic E-state index is 13.1. The molecule has 0 bridgehead atoms. The number of ether oxygens (including phenoxy) is 6. The molecule has 3 aliphatic rings. The number of aliphatic hydroxyl groups excluding tert-OH is 1. The lowest BCUT2D eigenvalue weighted by Crippen LogP contribution is -2.69. The van der Waals surface area contributed by atoms with Crippen LogP contribution in [0.5, 0.6) is 0 Å². The second-order valence-corrected chi connectivity index (χ2v) is 12.1. The van der Waals surface area contributed by atoms with Crippen LogP contribution in [0.25, 0.3) is 0 Å². The number of esters is 6. The minimum absolute atomic E-state index is 0.0782. The average molecular weight is 627 g/mol. The quantitative estimate of drug-likeness (QED) is 0.240. The summed E-state index contributed by atoms with van der Waals surface area (Å²) >= 11 is 0. The molecule has 1 saturated carbocycles. The molecule has 246 valence electrons. The van der Waals surface area contributed by atoms with Crippen molar-refractivity contribution in [1.29, 1.82) is 0 Å². The molecule has 0 spiro atoms. The number of hydrogen-bond acceptors (Lipinski definition) is 14. The van der Waals surface area contributed by atoms with Gasteiger partial charge in [0.2, 0.25) is 0 Å². The standard InChI is InChI=1S/C30H42O14/c1-13-21(36)10-23(41-17(5)33)29(8)24(42-18(6)34)11-22(40-16(4)32)20(12-39-15(3)31)9-25-30(38,14(2)28(37)44-25)27(26(13)29)43-19(7)35/h9,13-14,21-27,36,38H,10-12H2,1-8H3/b20-9-/t13-,14-,21-,22+,23-,24+,25-,26+,27+,29+,30-/m0/s1. The Morgan fingerprint density at radius 2 is 1.39 bits per heavy atom. The van der Waals surface area contributed by atoms with Gasteiger partial charge in [-0.2, -0.15) is 0 Å². The number of rotatable bonds is 6. The summed E-state index contributed by atoms with van der Waals surface area (Å²) in [5.74, 6) is -7.88. The highest BCUT2D eigenvalue weighted by molar-refractivity contribution is 5.78. The highest BCUT2D eigenvalue weighted by Gasteiger charge is 2.69. The molecule has 0 unspecified atom stereocenters. The van der Waals surface area contributed by atoms with Gasteiger partial charge in [0.25, 0.3) is 0 Å². The highest BCUT2D eigenvalue weighted by Crippen LogP contribution is 2.56. The summed E-state index contributed by atoms with van der Waals surface area (Å²) in [5.41, 5.74) is -3.79. The Balaban J connectivity index is 2.48. The van der Waals surface area contributed by atoms with E-state index in [0.29, 0.717) is 0 Å². The van der Waals surface area contributed by atoms with E-state index in [1.54, 1.807) is 13.8 Å². The fourth-order valence-corrected chi connectivity index (χ4v) is 7.00. The number of carbonyl (C=O) groups is 6. The lowest BCUT2D eigenvalue weighted by molar-refractivity contribution is -0.252. The summed E-state index contributed by atoms with van der Waals surface area (Å²) in [7, 11) is 0. The molecular formula is C30H42O14. The van der Waals surface area contributed by atoms with Gasteiger partial charge >= 0.3 is 35.8 Å². The maximum atomic E-state index is 13.1. The van der Waals surface area contributed by atoms with Crippen LogP contribution in [0.2, 0.25) is 0 Å². The van der Waals surface area contributed by atoms with Gasteiger partial charge < -0.3 is 38.6 Å². The van der Waals surface area contributed by atoms with Crippen molar-refractivity contribution < 1.29 is 67.4 Å². The lowest BCUT2D eigenvalue weighted by Gasteiger charge is -2.58. The van der Waals surface area contributed by atoms with Gasteiger partial charge in [0.05, 0.1) is 12.0 Å². The molecule has 0 aromatic rings.